The van der Waals surface area contributed by atoms with Crippen molar-refractivity contribution in [3.8, 4) is 0 Å². The molecule has 3 heteroatoms. The van der Waals surface area contributed by atoms with Crippen molar-refractivity contribution in [3.63, 3.8) is 0 Å². The van der Waals surface area contributed by atoms with E-state index in [9.17, 15) is 4.79 Å². The first-order chi connectivity index (χ1) is 9.02. The van der Waals surface area contributed by atoms with Crippen LogP contribution >= 0.6 is 0 Å². The molecule has 1 aromatic carbocycles. The molecule has 1 heterocycles. The Bertz CT molecular complexity index is 572. The molecular formula is C16H19NO2. The molecule has 2 rings (SSSR count). The van der Waals surface area contributed by atoms with Gasteiger partial charge in [0.25, 0.3) is 5.91 Å². The predicted molar refractivity (Wildman–Crippen MR) is 75.1 cm³/mol. The third-order valence-electron chi connectivity index (χ3n) is 3.69. The van der Waals surface area contributed by atoms with E-state index in [0.29, 0.717) is 0 Å². The number of nitrogens with zero attached hydrogens (tertiary/aromatic N) is 1. The van der Waals surface area contributed by atoms with Crippen molar-refractivity contribution in [3.05, 3.63) is 59.0 Å². The first-order valence-electron chi connectivity index (χ1n) is 6.39. The molecule has 0 N–H and O–H groups in total. The van der Waals surface area contributed by atoms with Crippen molar-refractivity contribution < 1.29 is 9.21 Å². The van der Waals surface area contributed by atoms with Gasteiger partial charge in [-0.3, -0.25) is 4.79 Å². The molecule has 1 amide bonds. The fourth-order valence-corrected chi connectivity index (χ4v) is 2.07. The maximum atomic E-state index is 12.5. The highest BCUT2D eigenvalue weighted by Gasteiger charge is 2.22. The summed E-state index contributed by atoms with van der Waals surface area (Å²) in [7, 11) is 1.80. The second kappa shape index (κ2) is 5.31. The quantitative estimate of drug-likeness (QED) is 0.839. The Labute approximate surface area is 113 Å². The molecule has 0 aliphatic carbocycles. The molecule has 2 aromatic rings. The van der Waals surface area contributed by atoms with Crippen molar-refractivity contribution >= 4 is 5.91 Å². The molecule has 0 saturated carbocycles. The minimum Gasteiger partial charge on any atom is -0.467 e. The summed E-state index contributed by atoms with van der Waals surface area (Å²) >= 11 is 0. The minimum atomic E-state index is -0.0811. The average molecular weight is 257 g/mol. The normalized spacial score (nSPS) is 12.2. The lowest BCUT2D eigenvalue weighted by Gasteiger charge is -2.24. The SMILES string of the molecule is Cc1cccc(C(=O)N(C)C(C)c2ccco2)c1C. The lowest BCUT2D eigenvalue weighted by molar-refractivity contribution is 0.0725. The predicted octanol–water partition coefficient (Wildman–Crippen LogP) is 3.73. The van der Waals surface area contributed by atoms with E-state index in [1.807, 2.05) is 51.1 Å². The van der Waals surface area contributed by atoms with Gasteiger partial charge < -0.3 is 9.32 Å². The molecule has 0 aliphatic heterocycles. The van der Waals surface area contributed by atoms with Crippen LogP contribution in [0.4, 0.5) is 0 Å². The molecule has 0 fully saturated rings. The van der Waals surface area contributed by atoms with Gasteiger partial charge in [0.05, 0.1) is 12.3 Å². The number of aryl methyl sites for hydroxylation is 1. The Morgan fingerprint density at radius 1 is 1.21 bits per heavy atom. The number of amides is 1. The van der Waals surface area contributed by atoms with E-state index in [4.69, 9.17) is 4.42 Å². The van der Waals surface area contributed by atoms with Crippen molar-refractivity contribution in [2.45, 2.75) is 26.8 Å². The maximum absolute atomic E-state index is 12.5. The molecule has 1 aromatic heterocycles. The summed E-state index contributed by atoms with van der Waals surface area (Å²) in [4.78, 5) is 14.2. The largest absolute Gasteiger partial charge is 0.467 e. The zero-order chi connectivity index (χ0) is 14.0. The second-order valence-electron chi connectivity index (χ2n) is 4.85. The molecular weight excluding hydrogens is 238 g/mol. The smallest absolute Gasteiger partial charge is 0.254 e. The van der Waals surface area contributed by atoms with Crippen LogP contribution in [0.2, 0.25) is 0 Å². The molecule has 1 atom stereocenters. The van der Waals surface area contributed by atoms with E-state index in [-0.39, 0.29) is 11.9 Å². The maximum Gasteiger partial charge on any atom is 0.254 e. The van der Waals surface area contributed by atoms with Crippen molar-refractivity contribution in [1.82, 2.24) is 4.90 Å². The number of carbonyl (C=O) groups excluding carboxylic acids is 1. The number of furan rings is 1. The van der Waals surface area contributed by atoms with E-state index >= 15 is 0 Å². The van der Waals surface area contributed by atoms with Gasteiger partial charge in [0.1, 0.15) is 5.76 Å². The zero-order valence-corrected chi connectivity index (χ0v) is 11.8. The number of hydrogen-bond donors (Lipinski definition) is 0. The molecule has 19 heavy (non-hydrogen) atoms. The molecule has 0 saturated heterocycles. The van der Waals surface area contributed by atoms with Gasteiger partial charge in [-0.2, -0.15) is 0 Å². The Morgan fingerprint density at radius 3 is 2.58 bits per heavy atom. The number of hydrogen-bond acceptors (Lipinski definition) is 2. The molecule has 1 unspecified atom stereocenters. The van der Waals surface area contributed by atoms with E-state index in [1.165, 1.54) is 0 Å². The van der Waals surface area contributed by atoms with Crippen molar-refractivity contribution in [1.29, 1.82) is 0 Å². The summed E-state index contributed by atoms with van der Waals surface area (Å²) in [6, 6.07) is 9.45. The van der Waals surface area contributed by atoms with Gasteiger partial charge in [0, 0.05) is 12.6 Å². The van der Waals surface area contributed by atoms with E-state index < -0.39 is 0 Å². The zero-order valence-electron chi connectivity index (χ0n) is 11.8. The average Bonchev–Trinajstić information content (AvgIpc) is 2.93. The molecule has 0 aliphatic rings. The van der Waals surface area contributed by atoms with Gasteiger partial charge in [-0.05, 0) is 50.1 Å². The lowest BCUT2D eigenvalue weighted by atomic mass is 10.0. The second-order valence-corrected chi connectivity index (χ2v) is 4.85. The first-order valence-corrected chi connectivity index (χ1v) is 6.39. The van der Waals surface area contributed by atoms with E-state index in [1.54, 1.807) is 18.2 Å². The van der Waals surface area contributed by atoms with Gasteiger partial charge in [-0.25, -0.2) is 0 Å². The summed E-state index contributed by atoms with van der Waals surface area (Å²) in [5.74, 6) is 0.811. The van der Waals surface area contributed by atoms with Crippen LogP contribution in [-0.4, -0.2) is 17.9 Å². The Hall–Kier alpha value is -2.03. The Kier molecular flexibility index (Phi) is 3.74. The van der Waals surface area contributed by atoms with Crippen LogP contribution in [0.1, 0.15) is 40.2 Å². The summed E-state index contributed by atoms with van der Waals surface area (Å²) < 4.78 is 5.36. The first kappa shape index (κ1) is 13.4. The highest BCUT2D eigenvalue weighted by atomic mass is 16.3. The fourth-order valence-electron chi connectivity index (χ4n) is 2.07. The van der Waals surface area contributed by atoms with Gasteiger partial charge in [0.2, 0.25) is 0 Å². The molecule has 0 bridgehead atoms. The summed E-state index contributed by atoms with van der Waals surface area (Å²) in [5, 5.41) is 0. The topological polar surface area (TPSA) is 33.5 Å². The van der Waals surface area contributed by atoms with Gasteiger partial charge >= 0.3 is 0 Å². The molecule has 100 valence electrons. The van der Waals surface area contributed by atoms with E-state index in [2.05, 4.69) is 0 Å². The summed E-state index contributed by atoms with van der Waals surface area (Å²) in [6.07, 6.45) is 1.63. The fraction of sp³-hybridized carbons (Fsp3) is 0.312. The van der Waals surface area contributed by atoms with Gasteiger partial charge in [0.15, 0.2) is 0 Å². The summed E-state index contributed by atoms with van der Waals surface area (Å²) in [6.45, 7) is 5.96. The standard InChI is InChI=1S/C16H19NO2/c1-11-7-5-8-14(12(11)2)16(18)17(4)13(3)15-9-6-10-19-15/h5-10,13H,1-4H3. The van der Waals surface area contributed by atoms with Crippen LogP contribution < -0.4 is 0 Å². The molecule has 0 spiro atoms. The Morgan fingerprint density at radius 2 is 1.95 bits per heavy atom. The van der Waals surface area contributed by atoms with Crippen LogP contribution in [-0.2, 0) is 0 Å². The van der Waals surface area contributed by atoms with Gasteiger partial charge in [-0.1, -0.05) is 12.1 Å². The third-order valence-corrected chi connectivity index (χ3v) is 3.69. The number of rotatable bonds is 3. The number of benzene rings is 1. The highest BCUT2D eigenvalue weighted by molar-refractivity contribution is 5.96. The van der Waals surface area contributed by atoms with Gasteiger partial charge in [-0.15, -0.1) is 0 Å². The third kappa shape index (κ3) is 2.55. The monoisotopic (exact) mass is 257 g/mol. The van der Waals surface area contributed by atoms with Crippen LogP contribution in [0.25, 0.3) is 0 Å². The minimum absolute atomic E-state index is 0.0186. The Balaban J connectivity index is 2.26. The van der Waals surface area contributed by atoms with Crippen LogP contribution in [0.3, 0.4) is 0 Å². The van der Waals surface area contributed by atoms with Crippen molar-refractivity contribution in [2.75, 3.05) is 7.05 Å². The summed E-state index contributed by atoms with van der Waals surface area (Å²) in [5.41, 5.74) is 2.91. The van der Waals surface area contributed by atoms with Crippen molar-refractivity contribution in [2.24, 2.45) is 0 Å². The van der Waals surface area contributed by atoms with Crippen LogP contribution in [0, 0.1) is 13.8 Å². The van der Waals surface area contributed by atoms with Crippen LogP contribution in [0.15, 0.2) is 41.0 Å². The molecule has 0 radical (unpaired) electrons. The van der Waals surface area contributed by atoms with Crippen LogP contribution in [0.5, 0.6) is 0 Å². The lowest BCUT2D eigenvalue weighted by Crippen LogP contribution is -2.30. The number of carbonyl (C=O) groups is 1. The molecule has 3 nitrogen and oxygen atoms in total. The highest BCUT2D eigenvalue weighted by Crippen LogP contribution is 2.22. The van der Waals surface area contributed by atoms with E-state index in [0.717, 1.165) is 22.5 Å².